The van der Waals surface area contributed by atoms with Crippen molar-refractivity contribution in [3.63, 3.8) is 0 Å². The van der Waals surface area contributed by atoms with Gasteiger partial charge in [0.25, 0.3) is 0 Å². The van der Waals surface area contributed by atoms with Crippen molar-refractivity contribution in [1.82, 2.24) is 9.88 Å². The van der Waals surface area contributed by atoms with Crippen LogP contribution in [0.5, 0.6) is 0 Å². The zero-order valence-corrected chi connectivity index (χ0v) is 16.8. The van der Waals surface area contributed by atoms with Gasteiger partial charge in [-0.1, -0.05) is 23.2 Å². The molecule has 2 aromatic rings. The molecule has 29 heavy (non-hydrogen) atoms. The highest BCUT2D eigenvalue weighted by Gasteiger charge is 2.40. The molecular formula is C19H19Cl2F3N4O. The topological polar surface area (TPSA) is 71.2 Å². The highest BCUT2D eigenvalue weighted by atomic mass is 35.5. The second-order valence-electron chi connectivity index (χ2n) is 7.00. The first-order valence-corrected chi connectivity index (χ1v) is 9.62. The van der Waals surface area contributed by atoms with Crippen molar-refractivity contribution in [3.05, 3.63) is 57.8 Å². The molecule has 0 saturated carbocycles. The van der Waals surface area contributed by atoms with Crippen LogP contribution in [0.1, 0.15) is 24.1 Å². The Morgan fingerprint density at radius 2 is 1.83 bits per heavy atom. The number of aromatic nitrogens is 1. The number of rotatable bonds is 5. The third-order valence-corrected chi connectivity index (χ3v) is 5.61. The molecule has 0 radical (unpaired) electrons. The molecule has 0 unspecified atom stereocenters. The molecule has 0 spiro atoms. The summed E-state index contributed by atoms with van der Waals surface area (Å²) in [5, 5.41) is 3.76. The molecule has 0 atom stereocenters. The van der Waals surface area contributed by atoms with Gasteiger partial charge in [0.1, 0.15) is 5.54 Å². The average Bonchev–Trinajstić information content (AvgIpc) is 2.66. The Balaban J connectivity index is 1.67. The zero-order valence-electron chi connectivity index (χ0n) is 15.3. The van der Waals surface area contributed by atoms with Crippen LogP contribution in [0.3, 0.4) is 0 Å². The van der Waals surface area contributed by atoms with E-state index in [1.165, 1.54) is 0 Å². The molecule has 1 fully saturated rings. The highest BCUT2D eigenvalue weighted by Crippen LogP contribution is 2.32. The minimum atomic E-state index is -4.49. The van der Waals surface area contributed by atoms with Gasteiger partial charge in [-0.05, 0) is 43.2 Å². The first-order chi connectivity index (χ1) is 13.6. The largest absolute Gasteiger partial charge is 0.417 e. The molecule has 1 amide bonds. The summed E-state index contributed by atoms with van der Waals surface area (Å²) in [4.78, 5) is 18.0. The summed E-state index contributed by atoms with van der Waals surface area (Å²) in [7, 11) is 0. The number of benzene rings is 1. The minimum absolute atomic E-state index is 0.0362. The van der Waals surface area contributed by atoms with E-state index < -0.39 is 23.2 Å². The fourth-order valence-electron chi connectivity index (χ4n) is 3.28. The normalized spacial score (nSPS) is 17.1. The number of hydrogen-bond acceptors (Lipinski definition) is 4. The van der Waals surface area contributed by atoms with Crippen LogP contribution in [-0.2, 0) is 17.5 Å². The quantitative estimate of drug-likeness (QED) is 0.716. The van der Waals surface area contributed by atoms with Crippen LogP contribution in [0.15, 0.2) is 36.5 Å². The molecule has 2 heterocycles. The molecule has 0 aliphatic carbocycles. The summed E-state index contributed by atoms with van der Waals surface area (Å²) < 4.78 is 38.3. The van der Waals surface area contributed by atoms with Gasteiger partial charge in [-0.3, -0.25) is 14.7 Å². The van der Waals surface area contributed by atoms with Gasteiger partial charge in [0.05, 0.1) is 16.3 Å². The van der Waals surface area contributed by atoms with E-state index in [0.717, 1.165) is 18.0 Å². The summed E-state index contributed by atoms with van der Waals surface area (Å²) in [5.74, 6) is -0.460. The van der Waals surface area contributed by atoms with E-state index in [2.05, 4.69) is 10.3 Å². The molecule has 1 saturated heterocycles. The summed E-state index contributed by atoms with van der Waals surface area (Å²) in [6.07, 6.45) is -2.85. The second-order valence-corrected chi connectivity index (χ2v) is 7.85. The van der Waals surface area contributed by atoms with Gasteiger partial charge < -0.3 is 11.1 Å². The zero-order chi connectivity index (χ0) is 21.2. The van der Waals surface area contributed by atoms with Crippen molar-refractivity contribution in [2.45, 2.75) is 31.1 Å². The Morgan fingerprint density at radius 1 is 1.21 bits per heavy atom. The van der Waals surface area contributed by atoms with Crippen LogP contribution in [-0.4, -0.2) is 34.4 Å². The van der Waals surface area contributed by atoms with Gasteiger partial charge in [0.15, 0.2) is 0 Å². The maximum Gasteiger partial charge on any atom is 0.417 e. The number of pyridine rings is 1. The SMILES string of the molecule is NC(=O)C1(Nc2ccc(Cl)cc2)CCN(Cc2ncc(C(F)(F)F)cc2Cl)CC1. The molecule has 10 heteroatoms. The van der Waals surface area contributed by atoms with Crippen LogP contribution in [0.25, 0.3) is 0 Å². The maximum atomic E-state index is 12.8. The second kappa shape index (κ2) is 8.38. The van der Waals surface area contributed by atoms with Gasteiger partial charge in [-0.15, -0.1) is 0 Å². The van der Waals surface area contributed by atoms with E-state index in [1.54, 1.807) is 24.3 Å². The average molecular weight is 447 g/mol. The van der Waals surface area contributed by atoms with Gasteiger partial charge in [-0.25, -0.2) is 0 Å². The lowest BCUT2D eigenvalue weighted by Crippen LogP contribution is -2.57. The summed E-state index contributed by atoms with van der Waals surface area (Å²) in [6, 6.07) is 7.85. The number of nitrogens with zero attached hydrogens (tertiary/aromatic N) is 2. The Labute approximate surface area is 176 Å². The molecule has 1 aliphatic rings. The first-order valence-electron chi connectivity index (χ1n) is 8.87. The van der Waals surface area contributed by atoms with Crippen LogP contribution in [0.4, 0.5) is 18.9 Å². The number of nitrogens with two attached hydrogens (primary N) is 1. The highest BCUT2D eigenvalue weighted by molar-refractivity contribution is 6.31. The van der Waals surface area contributed by atoms with E-state index in [4.69, 9.17) is 28.9 Å². The van der Waals surface area contributed by atoms with E-state index >= 15 is 0 Å². The van der Waals surface area contributed by atoms with Crippen molar-refractivity contribution in [2.24, 2.45) is 5.73 Å². The molecule has 5 nitrogen and oxygen atoms in total. The van der Waals surface area contributed by atoms with Crippen LogP contribution in [0.2, 0.25) is 10.0 Å². The summed E-state index contributed by atoms with van der Waals surface area (Å²) in [5.41, 5.74) is 4.96. The van der Waals surface area contributed by atoms with Crippen molar-refractivity contribution in [3.8, 4) is 0 Å². The number of anilines is 1. The van der Waals surface area contributed by atoms with E-state index in [0.29, 0.717) is 36.6 Å². The molecular weight excluding hydrogens is 428 g/mol. The van der Waals surface area contributed by atoms with Crippen molar-refractivity contribution in [2.75, 3.05) is 18.4 Å². The number of amides is 1. The van der Waals surface area contributed by atoms with Crippen LogP contribution < -0.4 is 11.1 Å². The number of halogens is 5. The maximum absolute atomic E-state index is 12.8. The fourth-order valence-corrected chi connectivity index (χ4v) is 3.64. The predicted octanol–water partition coefficient (Wildman–Crippen LogP) is 4.34. The lowest BCUT2D eigenvalue weighted by molar-refractivity contribution is -0.137. The lowest BCUT2D eigenvalue weighted by Gasteiger charge is -2.40. The molecule has 1 aliphatic heterocycles. The monoisotopic (exact) mass is 446 g/mol. The minimum Gasteiger partial charge on any atom is -0.371 e. The van der Waals surface area contributed by atoms with Gasteiger partial charge in [0, 0.05) is 36.5 Å². The fraction of sp³-hybridized carbons (Fsp3) is 0.368. The number of likely N-dealkylation sites (tertiary alicyclic amines) is 1. The Hall–Kier alpha value is -2.03. The number of alkyl halides is 3. The van der Waals surface area contributed by atoms with Gasteiger partial charge in [0.2, 0.25) is 5.91 Å². The van der Waals surface area contributed by atoms with E-state index in [9.17, 15) is 18.0 Å². The lowest BCUT2D eigenvalue weighted by atomic mass is 9.86. The number of primary amides is 1. The third-order valence-electron chi connectivity index (χ3n) is 5.03. The van der Waals surface area contributed by atoms with E-state index in [-0.39, 0.29) is 11.6 Å². The van der Waals surface area contributed by atoms with Gasteiger partial charge in [-0.2, -0.15) is 13.2 Å². The van der Waals surface area contributed by atoms with E-state index in [1.807, 2.05) is 4.90 Å². The molecule has 0 bridgehead atoms. The number of carbonyl (C=O) groups excluding carboxylic acids is 1. The van der Waals surface area contributed by atoms with Crippen molar-refractivity contribution < 1.29 is 18.0 Å². The molecule has 156 valence electrons. The smallest absolute Gasteiger partial charge is 0.371 e. The van der Waals surface area contributed by atoms with Crippen LogP contribution >= 0.6 is 23.2 Å². The standard InChI is InChI=1S/C19H19Cl2F3N4O/c20-13-1-3-14(4-2-13)27-18(17(25)29)5-7-28(8-6-18)11-16-15(21)9-12(10-26-16)19(22,23)24/h1-4,9-10,27H,5-8,11H2,(H2,25,29). The number of carbonyl (C=O) groups is 1. The molecule has 1 aromatic carbocycles. The molecule has 1 aromatic heterocycles. The Kier molecular flexibility index (Phi) is 6.26. The van der Waals surface area contributed by atoms with Gasteiger partial charge >= 0.3 is 6.18 Å². The summed E-state index contributed by atoms with van der Waals surface area (Å²) in [6.45, 7) is 1.29. The predicted molar refractivity (Wildman–Crippen MR) is 106 cm³/mol. The molecule has 3 N–H and O–H groups in total. The number of piperidine rings is 1. The van der Waals surface area contributed by atoms with Crippen LogP contribution in [0, 0.1) is 0 Å². The number of hydrogen-bond donors (Lipinski definition) is 2. The Morgan fingerprint density at radius 3 is 2.34 bits per heavy atom. The first kappa shape index (κ1) is 21.7. The van der Waals surface area contributed by atoms with Crippen molar-refractivity contribution >= 4 is 34.8 Å². The summed E-state index contributed by atoms with van der Waals surface area (Å²) >= 11 is 11.9. The number of nitrogens with one attached hydrogen (secondary N) is 1. The van der Waals surface area contributed by atoms with Crippen molar-refractivity contribution in [1.29, 1.82) is 0 Å². The molecule has 3 rings (SSSR count). The third kappa shape index (κ3) is 5.12. The Bertz CT molecular complexity index is 882.